The highest BCUT2D eigenvalue weighted by atomic mass is 16.0. The molecule has 0 saturated heterocycles. The molecule has 1 rings (SSSR count). The Kier molecular flexibility index (Phi) is 9.08. The third-order valence-electron chi connectivity index (χ3n) is 2.03. The highest BCUT2D eigenvalue weighted by Crippen LogP contribution is 2.18. The minimum Gasteiger partial charge on any atom is -0.412 e. The lowest BCUT2D eigenvalue weighted by molar-refractivity contribution is 0.824. The standard InChI is InChI=1S/C11H17N.C2H6.H2O.H2/c1-5-6-10-9(4)7-11(12-10)8(2)3;1-2;;/h5-8,12H,1-4H3;1-2H3;1H2;1H/b6-5-;;;. The number of rotatable bonds is 2. The summed E-state index contributed by atoms with van der Waals surface area (Å²) in [6.45, 7) is 12.6. The van der Waals surface area contributed by atoms with E-state index in [2.05, 4.69) is 44.0 Å². The van der Waals surface area contributed by atoms with E-state index in [0.717, 1.165) is 0 Å². The van der Waals surface area contributed by atoms with Gasteiger partial charge in [-0.2, -0.15) is 0 Å². The fourth-order valence-electron chi connectivity index (χ4n) is 1.25. The molecular formula is C13H27NO. The van der Waals surface area contributed by atoms with Crippen LogP contribution in [-0.4, -0.2) is 10.5 Å². The lowest BCUT2D eigenvalue weighted by Crippen LogP contribution is -1.85. The average molecular weight is 213 g/mol. The third-order valence-corrected chi connectivity index (χ3v) is 2.03. The van der Waals surface area contributed by atoms with Gasteiger partial charge in [0, 0.05) is 12.8 Å². The van der Waals surface area contributed by atoms with Crippen molar-refractivity contribution in [2.75, 3.05) is 0 Å². The summed E-state index contributed by atoms with van der Waals surface area (Å²) in [6.07, 6.45) is 4.17. The molecule has 2 nitrogen and oxygen atoms in total. The van der Waals surface area contributed by atoms with Crippen LogP contribution in [0.1, 0.15) is 58.9 Å². The van der Waals surface area contributed by atoms with Crippen LogP contribution < -0.4 is 0 Å². The number of aryl methyl sites for hydroxylation is 1. The molecule has 15 heavy (non-hydrogen) atoms. The van der Waals surface area contributed by atoms with Gasteiger partial charge < -0.3 is 10.5 Å². The highest BCUT2D eigenvalue weighted by Gasteiger charge is 2.04. The molecule has 0 fully saturated rings. The van der Waals surface area contributed by atoms with Crippen molar-refractivity contribution in [1.29, 1.82) is 0 Å². The molecular weight excluding hydrogens is 186 g/mol. The van der Waals surface area contributed by atoms with Crippen molar-refractivity contribution in [2.45, 2.75) is 47.5 Å². The first-order chi connectivity index (χ1) is 6.65. The van der Waals surface area contributed by atoms with Gasteiger partial charge in [0.15, 0.2) is 0 Å². The monoisotopic (exact) mass is 213 g/mol. The van der Waals surface area contributed by atoms with E-state index in [9.17, 15) is 0 Å². The molecule has 0 unspecified atom stereocenters. The zero-order valence-corrected chi connectivity index (χ0v) is 10.8. The number of aromatic nitrogens is 1. The normalized spacial score (nSPS) is 9.80. The van der Waals surface area contributed by atoms with E-state index < -0.39 is 0 Å². The van der Waals surface area contributed by atoms with E-state index in [1.54, 1.807) is 0 Å². The molecule has 0 atom stereocenters. The van der Waals surface area contributed by atoms with Crippen LogP contribution >= 0.6 is 0 Å². The van der Waals surface area contributed by atoms with Crippen molar-refractivity contribution in [3.05, 3.63) is 29.1 Å². The van der Waals surface area contributed by atoms with E-state index in [4.69, 9.17) is 0 Å². The van der Waals surface area contributed by atoms with Crippen molar-refractivity contribution in [3.63, 3.8) is 0 Å². The van der Waals surface area contributed by atoms with E-state index in [1.165, 1.54) is 17.0 Å². The number of nitrogens with one attached hydrogen (secondary N) is 1. The fraction of sp³-hybridized carbons (Fsp3) is 0.538. The van der Waals surface area contributed by atoms with Gasteiger partial charge in [-0.3, -0.25) is 0 Å². The van der Waals surface area contributed by atoms with Gasteiger partial charge in [-0.1, -0.05) is 33.8 Å². The number of H-pyrrole nitrogens is 1. The van der Waals surface area contributed by atoms with E-state index in [-0.39, 0.29) is 6.90 Å². The Morgan fingerprint density at radius 2 is 1.87 bits per heavy atom. The first-order valence-electron chi connectivity index (χ1n) is 5.47. The molecule has 90 valence electrons. The summed E-state index contributed by atoms with van der Waals surface area (Å²) >= 11 is 0. The van der Waals surface area contributed by atoms with Gasteiger partial charge in [-0.05, 0) is 37.5 Å². The minimum atomic E-state index is 0. The predicted molar refractivity (Wildman–Crippen MR) is 71.4 cm³/mol. The van der Waals surface area contributed by atoms with Crippen molar-refractivity contribution in [1.82, 2.24) is 4.98 Å². The smallest absolute Gasteiger partial charge is 0.0408 e. The molecule has 2 heteroatoms. The summed E-state index contributed by atoms with van der Waals surface area (Å²) in [7, 11) is 0. The van der Waals surface area contributed by atoms with E-state index >= 15 is 0 Å². The Bertz CT molecular complexity index is 290. The molecule has 1 aromatic rings. The molecule has 1 heterocycles. The Labute approximate surface area is 95.2 Å². The van der Waals surface area contributed by atoms with E-state index in [1.807, 2.05) is 20.8 Å². The molecule has 0 radical (unpaired) electrons. The van der Waals surface area contributed by atoms with Gasteiger partial charge in [0.25, 0.3) is 0 Å². The molecule has 0 aliphatic heterocycles. The van der Waals surface area contributed by atoms with Crippen molar-refractivity contribution >= 4 is 6.08 Å². The Morgan fingerprint density at radius 1 is 1.33 bits per heavy atom. The molecule has 0 aromatic carbocycles. The molecule has 0 bridgehead atoms. The summed E-state index contributed by atoms with van der Waals surface area (Å²) in [5.74, 6) is 0.586. The summed E-state index contributed by atoms with van der Waals surface area (Å²) < 4.78 is 0. The van der Waals surface area contributed by atoms with E-state index in [0.29, 0.717) is 5.92 Å². The number of hydrogen-bond acceptors (Lipinski definition) is 0. The van der Waals surface area contributed by atoms with Gasteiger partial charge in [-0.25, -0.2) is 0 Å². The van der Waals surface area contributed by atoms with Gasteiger partial charge in [0.05, 0.1) is 0 Å². The molecule has 0 amide bonds. The van der Waals surface area contributed by atoms with Gasteiger partial charge in [-0.15, -0.1) is 0 Å². The predicted octanol–water partition coefficient (Wildman–Crippen LogP) is 3.93. The zero-order valence-electron chi connectivity index (χ0n) is 10.8. The summed E-state index contributed by atoms with van der Waals surface area (Å²) in [5, 5.41) is 0. The molecule has 3 N–H and O–H groups in total. The van der Waals surface area contributed by atoms with Crippen LogP contribution in [-0.2, 0) is 0 Å². The Hall–Kier alpha value is -1.02. The molecule has 0 saturated carbocycles. The highest BCUT2D eigenvalue weighted by molar-refractivity contribution is 5.50. The number of allylic oxidation sites excluding steroid dienone is 1. The second kappa shape index (κ2) is 8.30. The summed E-state index contributed by atoms with van der Waals surface area (Å²) in [4.78, 5) is 3.40. The first kappa shape index (κ1) is 16.4. The summed E-state index contributed by atoms with van der Waals surface area (Å²) in [5.41, 5.74) is 3.89. The molecule has 0 aliphatic rings. The van der Waals surface area contributed by atoms with Crippen LogP contribution in [0.3, 0.4) is 0 Å². The largest absolute Gasteiger partial charge is 0.412 e. The first-order valence-corrected chi connectivity index (χ1v) is 5.47. The topological polar surface area (TPSA) is 47.3 Å². The quantitative estimate of drug-likeness (QED) is 0.774. The van der Waals surface area contributed by atoms with Crippen LogP contribution in [0.2, 0.25) is 0 Å². The maximum absolute atomic E-state index is 3.40. The molecule has 1 aromatic heterocycles. The van der Waals surface area contributed by atoms with Crippen molar-refractivity contribution < 1.29 is 6.90 Å². The third kappa shape index (κ3) is 4.84. The molecule has 0 spiro atoms. The second-order valence-electron chi connectivity index (χ2n) is 3.48. The second-order valence-corrected chi connectivity index (χ2v) is 3.48. The Morgan fingerprint density at radius 3 is 2.20 bits per heavy atom. The lowest BCUT2D eigenvalue weighted by atomic mass is 10.1. The van der Waals surface area contributed by atoms with Gasteiger partial charge in [0.1, 0.15) is 0 Å². The minimum absolute atomic E-state index is 0. The fourth-order valence-corrected chi connectivity index (χ4v) is 1.25. The summed E-state index contributed by atoms with van der Waals surface area (Å²) in [6, 6.07) is 2.22. The zero-order chi connectivity index (χ0) is 11.1. The van der Waals surface area contributed by atoms with Gasteiger partial charge in [0.2, 0.25) is 0 Å². The Balaban J connectivity index is -0.000000399. The van der Waals surface area contributed by atoms with Crippen LogP contribution in [0, 0.1) is 6.92 Å². The lowest BCUT2D eigenvalue weighted by Gasteiger charge is -1.98. The van der Waals surface area contributed by atoms with Crippen LogP contribution in [0.25, 0.3) is 6.08 Å². The average Bonchev–Trinajstić information content (AvgIpc) is 2.52. The maximum atomic E-state index is 3.40. The maximum Gasteiger partial charge on any atom is 0.0408 e. The van der Waals surface area contributed by atoms with Crippen molar-refractivity contribution in [3.8, 4) is 0 Å². The SMILES string of the molecule is C/C=C\c1[nH]c(C(C)C)cc1C.CC.O.[HH]. The van der Waals surface area contributed by atoms with Gasteiger partial charge >= 0.3 is 0 Å². The van der Waals surface area contributed by atoms with Crippen molar-refractivity contribution in [2.24, 2.45) is 0 Å². The number of aromatic amines is 1. The van der Waals surface area contributed by atoms with Crippen LogP contribution in [0.15, 0.2) is 12.1 Å². The number of hydrogen-bond donors (Lipinski definition) is 1. The molecule has 0 aliphatic carbocycles. The van der Waals surface area contributed by atoms with Crippen LogP contribution in [0.4, 0.5) is 0 Å². The van der Waals surface area contributed by atoms with Crippen LogP contribution in [0.5, 0.6) is 0 Å².